The van der Waals surface area contributed by atoms with E-state index in [1.165, 1.54) is 24.3 Å². The molecule has 0 heterocycles. The van der Waals surface area contributed by atoms with E-state index in [0.29, 0.717) is 10.5 Å². The second kappa shape index (κ2) is 10.4. The third-order valence-corrected chi connectivity index (χ3v) is 4.16. The van der Waals surface area contributed by atoms with E-state index in [1.54, 1.807) is 34.6 Å². The zero-order valence-electron chi connectivity index (χ0n) is 17.1. The Morgan fingerprint density at radius 1 is 1.21 bits per heavy atom. The molecule has 1 unspecified atom stereocenters. The fourth-order valence-corrected chi connectivity index (χ4v) is 2.89. The first-order chi connectivity index (χ1) is 13.3. The van der Waals surface area contributed by atoms with Gasteiger partial charge >= 0.3 is 18.1 Å². The Bertz CT molecular complexity index is 757. The number of carbonyl (C=O) groups excluding carboxylic acids is 2. The first-order valence-corrected chi connectivity index (χ1v) is 10.3. The molecular formula is C19H27N2O7S-. The average molecular weight is 427 g/mol. The summed E-state index contributed by atoms with van der Waals surface area (Å²) in [4.78, 5) is 37.7. The standard InChI is InChI=1S/C19H28N2O7S/c1-12(2)10-15(16(22)23)21(18(25)28-19(3,4)5)17(24)20-14-8-6-13(7-9-14)11-29(26)27/h6-9,12,15H,10-11H2,1-5H3,(H,20,24)(H,22,23)(H,26,27)/p-1/t15-/m0/s1. The number of hydrogen-bond acceptors (Lipinski definition) is 6. The lowest BCUT2D eigenvalue weighted by molar-refractivity contribution is -0.142. The minimum atomic E-state index is -2.25. The molecule has 0 aliphatic carbocycles. The monoisotopic (exact) mass is 427 g/mol. The molecule has 0 radical (unpaired) electrons. The number of nitrogens with one attached hydrogen (secondary N) is 1. The van der Waals surface area contributed by atoms with Crippen LogP contribution in [0, 0.1) is 5.92 Å². The third kappa shape index (κ3) is 8.61. The van der Waals surface area contributed by atoms with Gasteiger partial charge in [-0.3, -0.25) is 4.21 Å². The van der Waals surface area contributed by atoms with Crippen LogP contribution in [0.15, 0.2) is 24.3 Å². The minimum Gasteiger partial charge on any atom is -0.772 e. The van der Waals surface area contributed by atoms with Crippen molar-refractivity contribution in [1.29, 1.82) is 0 Å². The van der Waals surface area contributed by atoms with Crippen LogP contribution in [0.25, 0.3) is 0 Å². The molecule has 0 fully saturated rings. The maximum Gasteiger partial charge on any atom is 0.419 e. The largest absolute Gasteiger partial charge is 0.772 e. The number of anilines is 1. The summed E-state index contributed by atoms with van der Waals surface area (Å²) in [5.41, 5.74) is -0.132. The number of imide groups is 1. The van der Waals surface area contributed by atoms with E-state index >= 15 is 0 Å². The zero-order chi connectivity index (χ0) is 22.4. The van der Waals surface area contributed by atoms with Crippen LogP contribution in [-0.4, -0.2) is 48.5 Å². The molecule has 0 saturated heterocycles. The van der Waals surface area contributed by atoms with Gasteiger partial charge in [0.15, 0.2) is 0 Å². The Hall–Kier alpha value is -2.46. The molecular weight excluding hydrogens is 400 g/mol. The van der Waals surface area contributed by atoms with Crippen molar-refractivity contribution in [1.82, 2.24) is 4.90 Å². The first-order valence-electron chi connectivity index (χ1n) is 9.01. The number of ether oxygens (including phenoxy) is 1. The van der Waals surface area contributed by atoms with Gasteiger partial charge in [-0.25, -0.2) is 19.3 Å². The molecule has 0 aliphatic rings. The Morgan fingerprint density at radius 2 is 1.76 bits per heavy atom. The molecule has 2 atom stereocenters. The lowest BCUT2D eigenvalue weighted by atomic mass is 10.0. The van der Waals surface area contributed by atoms with Crippen LogP contribution < -0.4 is 5.32 Å². The van der Waals surface area contributed by atoms with Crippen LogP contribution in [0.2, 0.25) is 0 Å². The summed E-state index contributed by atoms with van der Waals surface area (Å²) in [5.74, 6) is -1.60. The van der Waals surface area contributed by atoms with Crippen LogP contribution in [0.3, 0.4) is 0 Å². The Labute approximate surface area is 172 Å². The highest BCUT2D eigenvalue weighted by Crippen LogP contribution is 2.19. The maximum atomic E-state index is 12.8. The Kier molecular flexibility index (Phi) is 8.78. The number of hydrogen-bond donors (Lipinski definition) is 2. The van der Waals surface area contributed by atoms with Gasteiger partial charge in [-0.1, -0.05) is 37.1 Å². The van der Waals surface area contributed by atoms with Crippen LogP contribution in [0.1, 0.15) is 46.6 Å². The van der Waals surface area contributed by atoms with E-state index < -0.39 is 40.8 Å². The lowest BCUT2D eigenvalue weighted by Crippen LogP contribution is -2.52. The van der Waals surface area contributed by atoms with Crippen LogP contribution in [-0.2, 0) is 26.4 Å². The molecule has 0 saturated carbocycles. The van der Waals surface area contributed by atoms with Gasteiger partial charge in [-0.05, 0) is 50.8 Å². The van der Waals surface area contributed by atoms with Gasteiger partial charge in [0, 0.05) is 11.4 Å². The Morgan fingerprint density at radius 3 is 2.17 bits per heavy atom. The molecule has 9 nitrogen and oxygen atoms in total. The highest BCUT2D eigenvalue weighted by Gasteiger charge is 2.38. The molecule has 1 aromatic carbocycles. The number of amides is 3. The van der Waals surface area contributed by atoms with Gasteiger partial charge in [0.2, 0.25) is 0 Å². The predicted molar refractivity (Wildman–Crippen MR) is 107 cm³/mol. The molecule has 2 N–H and O–H groups in total. The van der Waals surface area contributed by atoms with Crippen molar-refractivity contribution in [3.63, 3.8) is 0 Å². The molecule has 0 spiro atoms. The van der Waals surface area contributed by atoms with Crippen molar-refractivity contribution >= 4 is 34.9 Å². The molecule has 0 aromatic heterocycles. The van der Waals surface area contributed by atoms with Crippen molar-refractivity contribution in [3.8, 4) is 0 Å². The van der Waals surface area contributed by atoms with Gasteiger partial charge in [0.1, 0.15) is 11.6 Å². The van der Waals surface area contributed by atoms with E-state index in [9.17, 15) is 28.3 Å². The summed E-state index contributed by atoms with van der Waals surface area (Å²) in [5, 5.41) is 12.1. The minimum absolute atomic E-state index is 0.0518. The van der Waals surface area contributed by atoms with Gasteiger partial charge in [0.25, 0.3) is 0 Å². The number of carbonyl (C=O) groups is 3. The number of urea groups is 1. The SMILES string of the molecule is CC(C)C[C@@H](C(=O)O)N(C(=O)Nc1ccc(CS(=O)[O-])cc1)C(=O)OC(C)(C)C. The number of aliphatic carboxylic acids is 1. The van der Waals surface area contributed by atoms with Crippen molar-refractivity contribution in [2.24, 2.45) is 5.92 Å². The second-order valence-electron chi connectivity index (χ2n) is 7.91. The molecule has 3 amide bonds. The van der Waals surface area contributed by atoms with Crippen LogP contribution in [0.4, 0.5) is 15.3 Å². The molecule has 0 bridgehead atoms. The number of carboxylic acids is 1. The van der Waals surface area contributed by atoms with Gasteiger partial charge in [-0.2, -0.15) is 0 Å². The molecule has 1 aromatic rings. The molecule has 162 valence electrons. The van der Waals surface area contributed by atoms with Gasteiger partial charge < -0.3 is 19.7 Å². The van der Waals surface area contributed by atoms with Crippen molar-refractivity contribution in [3.05, 3.63) is 29.8 Å². The van der Waals surface area contributed by atoms with E-state index in [2.05, 4.69) is 5.32 Å². The summed E-state index contributed by atoms with van der Waals surface area (Å²) in [6.07, 6.45) is -1.02. The first kappa shape index (κ1) is 24.6. The van der Waals surface area contributed by atoms with Gasteiger partial charge in [-0.15, -0.1) is 0 Å². The summed E-state index contributed by atoms with van der Waals surface area (Å²) in [7, 11) is 0. The van der Waals surface area contributed by atoms with Crippen molar-refractivity contribution < 1.29 is 33.0 Å². The molecule has 1 rings (SSSR count). The average Bonchev–Trinajstić information content (AvgIpc) is 2.53. The fourth-order valence-electron chi connectivity index (χ4n) is 2.43. The van der Waals surface area contributed by atoms with Crippen LogP contribution in [0.5, 0.6) is 0 Å². The summed E-state index contributed by atoms with van der Waals surface area (Å²) < 4.78 is 26.7. The van der Waals surface area contributed by atoms with E-state index in [1.807, 2.05) is 0 Å². The van der Waals surface area contributed by atoms with Crippen molar-refractivity contribution in [2.75, 3.05) is 5.32 Å². The predicted octanol–water partition coefficient (Wildman–Crippen LogP) is 3.33. The zero-order valence-corrected chi connectivity index (χ0v) is 17.9. The molecule has 0 aliphatic heterocycles. The maximum absolute atomic E-state index is 12.8. The number of nitrogens with zero attached hydrogens (tertiary/aromatic N) is 1. The summed E-state index contributed by atoms with van der Waals surface area (Å²) >= 11 is -2.25. The van der Waals surface area contributed by atoms with E-state index in [4.69, 9.17) is 4.74 Å². The van der Waals surface area contributed by atoms with E-state index in [-0.39, 0.29) is 23.8 Å². The quantitative estimate of drug-likeness (QED) is 0.637. The number of carboxylic acid groups (broad SMARTS) is 1. The lowest BCUT2D eigenvalue weighted by Gasteiger charge is -2.30. The summed E-state index contributed by atoms with van der Waals surface area (Å²) in [6.45, 7) is 8.38. The number of rotatable bonds is 7. The highest BCUT2D eigenvalue weighted by molar-refractivity contribution is 7.78. The van der Waals surface area contributed by atoms with Crippen LogP contribution >= 0.6 is 0 Å². The highest BCUT2D eigenvalue weighted by atomic mass is 32.2. The molecule has 10 heteroatoms. The van der Waals surface area contributed by atoms with Crippen molar-refractivity contribution in [2.45, 2.75) is 58.4 Å². The normalized spacial score (nSPS) is 13.5. The fraction of sp³-hybridized carbons (Fsp3) is 0.526. The van der Waals surface area contributed by atoms with Gasteiger partial charge in [0.05, 0.1) is 0 Å². The molecule has 29 heavy (non-hydrogen) atoms. The summed E-state index contributed by atoms with van der Waals surface area (Å²) in [6, 6.07) is 3.58. The topological polar surface area (TPSA) is 136 Å². The Balaban J connectivity index is 3.12. The third-order valence-electron chi connectivity index (χ3n) is 3.59. The van der Waals surface area contributed by atoms with E-state index in [0.717, 1.165) is 0 Å². The second-order valence-corrected chi connectivity index (χ2v) is 8.81. The number of benzene rings is 1. The smallest absolute Gasteiger partial charge is 0.419 e.